The summed E-state index contributed by atoms with van der Waals surface area (Å²) in [6, 6.07) is 0.0179. The molecule has 6 nitrogen and oxygen atoms in total. The molecule has 1 amide bonds. The summed E-state index contributed by atoms with van der Waals surface area (Å²) >= 11 is 0. The highest BCUT2D eigenvalue weighted by atomic mass is 16.5. The van der Waals surface area contributed by atoms with Crippen molar-refractivity contribution in [2.24, 2.45) is 11.3 Å². The van der Waals surface area contributed by atoms with Gasteiger partial charge in [-0.3, -0.25) is 9.59 Å². The second kappa shape index (κ2) is 5.88. The van der Waals surface area contributed by atoms with Crippen LogP contribution < -0.4 is 10.6 Å². The van der Waals surface area contributed by atoms with E-state index in [1.165, 1.54) is 0 Å². The van der Waals surface area contributed by atoms with Gasteiger partial charge in [-0.25, -0.2) is 0 Å². The largest absolute Gasteiger partial charge is 0.481 e. The summed E-state index contributed by atoms with van der Waals surface area (Å²) in [5, 5.41) is 15.2. The van der Waals surface area contributed by atoms with Crippen LogP contribution in [0.25, 0.3) is 0 Å². The lowest BCUT2D eigenvalue weighted by Gasteiger charge is -2.25. The molecule has 0 aromatic rings. The van der Waals surface area contributed by atoms with Crippen molar-refractivity contribution in [1.29, 1.82) is 0 Å². The highest BCUT2D eigenvalue weighted by Crippen LogP contribution is 2.37. The highest BCUT2D eigenvalue weighted by Gasteiger charge is 2.42. The van der Waals surface area contributed by atoms with Gasteiger partial charge in [-0.2, -0.15) is 0 Å². The molecule has 2 unspecified atom stereocenters. The number of likely N-dealkylation sites (N-methyl/N-ethyl adjacent to an activating group) is 1. The summed E-state index contributed by atoms with van der Waals surface area (Å²) < 4.78 is 5.29. The highest BCUT2D eigenvalue weighted by molar-refractivity contribution is 5.81. The number of aliphatic carboxylic acids is 1. The molecule has 2 fully saturated rings. The number of carboxylic acid groups (broad SMARTS) is 1. The van der Waals surface area contributed by atoms with E-state index in [2.05, 4.69) is 10.6 Å². The Morgan fingerprint density at radius 2 is 2.00 bits per heavy atom. The lowest BCUT2D eigenvalue weighted by atomic mass is 9.86. The summed E-state index contributed by atoms with van der Waals surface area (Å²) in [6.45, 7) is 1.16. The molecule has 0 aromatic carbocycles. The maximum atomic E-state index is 12.1. The van der Waals surface area contributed by atoms with E-state index in [4.69, 9.17) is 4.74 Å². The van der Waals surface area contributed by atoms with Gasteiger partial charge >= 0.3 is 5.97 Å². The van der Waals surface area contributed by atoms with Crippen LogP contribution in [0.5, 0.6) is 0 Å². The predicted octanol–water partition coefficient (Wildman–Crippen LogP) is -0.0180. The van der Waals surface area contributed by atoms with Gasteiger partial charge in [-0.15, -0.1) is 0 Å². The van der Waals surface area contributed by atoms with Crippen molar-refractivity contribution in [3.8, 4) is 0 Å². The number of hydrogen-bond donors (Lipinski definition) is 3. The molecule has 0 bridgehead atoms. The van der Waals surface area contributed by atoms with Crippen molar-refractivity contribution >= 4 is 11.9 Å². The predicted molar refractivity (Wildman–Crippen MR) is 68.7 cm³/mol. The van der Waals surface area contributed by atoms with Crippen molar-refractivity contribution in [2.75, 3.05) is 26.8 Å². The van der Waals surface area contributed by atoms with Gasteiger partial charge < -0.3 is 20.5 Å². The first kappa shape index (κ1) is 14.3. The fourth-order valence-electron chi connectivity index (χ4n) is 3.00. The van der Waals surface area contributed by atoms with Gasteiger partial charge in [0.25, 0.3) is 0 Å². The van der Waals surface area contributed by atoms with E-state index in [-0.39, 0.29) is 24.4 Å². The normalized spacial score (nSPS) is 29.3. The first-order valence-corrected chi connectivity index (χ1v) is 6.85. The van der Waals surface area contributed by atoms with E-state index in [0.717, 1.165) is 12.8 Å². The van der Waals surface area contributed by atoms with Gasteiger partial charge in [0.05, 0.1) is 24.5 Å². The molecule has 1 heterocycles. The third kappa shape index (κ3) is 2.90. The van der Waals surface area contributed by atoms with Crippen LogP contribution in [0.1, 0.15) is 25.7 Å². The van der Waals surface area contributed by atoms with Crippen molar-refractivity contribution in [3.05, 3.63) is 0 Å². The molecule has 19 heavy (non-hydrogen) atoms. The molecule has 1 aliphatic carbocycles. The average Bonchev–Trinajstić information content (AvgIpc) is 3.05. The van der Waals surface area contributed by atoms with Gasteiger partial charge in [0.15, 0.2) is 0 Å². The van der Waals surface area contributed by atoms with E-state index < -0.39 is 11.4 Å². The van der Waals surface area contributed by atoms with Crippen molar-refractivity contribution in [1.82, 2.24) is 10.6 Å². The first-order chi connectivity index (χ1) is 9.09. The standard InChI is InChI=1S/C13H22N2O4/c1-14-10-7-19-6-9(10)11(16)15-8-13(12(17)18)4-2-3-5-13/h9-10,14H,2-8H2,1H3,(H,15,16)(H,17,18). The molecule has 2 aliphatic rings. The Bertz CT molecular complexity index is 353. The van der Waals surface area contributed by atoms with Crippen LogP contribution in [0.2, 0.25) is 0 Å². The van der Waals surface area contributed by atoms with E-state index in [9.17, 15) is 14.7 Å². The number of hydrogen-bond acceptors (Lipinski definition) is 4. The molecule has 0 spiro atoms. The minimum absolute atomic E-state index is 0.0179. The van der Waals surface area contributed by atoms with Gasteiger partial charge in [0, 0.05) is 12.6 Å². The zero-order valence-corrected chi connectivity index (χ0v) is 11.3. The maximum absolute atomic E-state index is 12.1. The van der Waals surface area contributed by atoms with Crippen LogP contribution in [0.4, 0.5) is 0 Å². The number of nitrogens with one attached hydrogen (secondary N) is 2. The minimum atomic E-state index is -0.793. The van der Waals surface area contributed by atoms with Crippen LogP contribution in [0.15, 0.2) is 0 Å². The second-order valence-corrected chi connectivity index (χ2v) is 5.55. The van der Waals surface area contributed by atoms with E-state index >= 15 is 0 Å². The molecule has 1 saturated carbocycles. The Balaban J connectivity index is 1.90. The van der Waals surface area contributed by atoms with Crippen LogP contribution >= 0.6 is 0 Å². The summed E-state index contributed by atoms with van der Waals surface area (Å²) in [5.74, 6) is -1.13. The molecular weight excluding hydrogens is 248 g/mol. The Morgan fingerprint density at radius 1 is 1.32 bits per heavy atom. The topological polar surface area (TPSA) is 87.7 Å². The maximum Gasteiger partial charge on any atom is 0.311 e. The molecule has 2 atom stereocenters. The first-order valence-electron chi connectivity index (χ1n) is 6.85. The average molecular weight is 270 g/mol. The Labute approximate surface area is 112 Å². The van der Waals surface area contributed by atoms with Crippen molar-refractivity contribution in [2.45, 2.75) is 31.7 Å². The van der Waals surface area contributed by atoms with E-state index in [1.807, 2.05) is 0 Å². The quantitative estimate of drug-likeness (QED) is 0.653. The number of ether oxygens (including phenoxy) is 1. The minimum Gasteiger partial charge on any atom is -0.481 e. The van der Waals surface area contributed by atoms with Gasteiger partial charge in [0.2, 0.25) is 5.91 Å². The molecular formula is C13H22N2O4. The molecule has 0 radical (unpaired) electrons. The lowest BCUT2D eigenvalue weighted by molar-refractivity contribution is -0.148. The Kier molecular flexibility index (Phi) is 4.42. The Hall–Kier alpha value is -1.14. The molecule has 3 N–H and O–H groups in total. The second-order valence-electron chi connectivity index (χ2n) is 5.55. The van der Waals surface area contributed by atoms with E-state index in [0.29, 0.717) is 26.1 Å². The number of carboxylic acids is 1. The zero-order chi connectivity index (χ0) is 13.9. The van der Waals surface area contributed by atoms with Crippen molar-refractivity contribution < 1.29 is 19.4 Å². The summed E-state index contributed by atoms with van der Waals surface area (Å²) in [5.41, 5.74) is -0.760. The number of rotatable bonds is 5. The molecule has 108 valence electrons. The number of carbonyl (C=O) groups excluding carboxylic acids is 1. The lowest BCUT2D eigenvalue weighted by Crippen LogP contribution is -2.47. The smallest absolute Gasteiger partial charge is 0.311 e. The molecule has 6 heteroatoms. The molecule has 2 rings (SSSR count). The van der Waals surface area contributed by atoms with Crippen LogP contribution in [0, 0.1) is 11.3 Å². The number of amides is 1. The fourth-order valence-corrected chi connectivity index (χ4v) is 3.00. The summed E-state index contributed by atoms with van der Waals surface area (Å²) in [7, 11) is 1.80. The summed E-state index contributed by atoms with van der Waals surface area (Å²) in [4.78, 5) is 23.5. The molecule has 1 saturated heterocycles. The third-order valence-electron chi connectivity index (χ3n) is 4.40. The molecule has 1 aliphatic heterocycles. The van der Waals surface area contributed by atoms with Crippen LogP contribution in [-0.4, -0.2) is 49.8 Å². The van der Waals surface area contributed by atoms with Gasteiger partial charge in [-0.1, -0.05) is 12.8 Å². The SMILES string of the molecule is CNC1COCC1C(=O)NCC1(C(=O)O)CCCC1. The Morgan fingerprint density at radius 3 is 2.58 bits per heavy atom. The molecule has 0 aromatic heterocycles. The van der Waals surface area contributed by atoms with Gasteiger partial charge in [0.1, 0.15) is 0 Å². The fraction of sp³-hybridized carbons (Fsp3) is 0.846. The zero-order valence-electron chi connectivity index (χ0n) is 11.3. The monoisotopic (exact) mass is 270 g/mol. The third-order valence-corrected chi connectivity index (χ3v) is 4.40. The van der Waals surface area contributed by atoms with Crippen LogP contribution in [-0.2, 0) is 14.3 Å². The van der Waals surface area contributed by atoms with Crippen molar-refractivity contribution in [3.63, 3.8) is 0 Å². The van der Waals surface area contributed by atoms with Gasteiger partial charge in [-0.05, 0) is 19.9 Å². The summed E-state index contributed by atoms with van der Waals surface area (Å²) in [6.07, 6.45) is 3.15. The van der Waals surface area contributed by atoms with Crippen LogP contribution in [0.3, 0.4) is 0 Å². The van der Waals surface area contributed by atoms with E-state index in [1.54, 1.807) is 7.05 Å². The number of carbonyl (C=O) groups is 2.